The van der Waals surface area contributed by atoms with Crippen LogP contribution >= 0.6 is 35.3 Å². The monoisotopic (exact) mass is 821 g/mol. The summed E-state index contributed by atoms with van der Waals surface area (Å²) < 4.78 is 40.0. The summed E-state index contributed by atoms with van der Waals surface area (Å²) in [5, 5.41) is 31.3. The highest BCUT2D eigenvalue weighted by Gasteiger charge is 2.49. The van der Waals surface area contributed by atoms with E-state index in [1.54, 1.807) is 67.7 Å². The maximum Gasteiger partial charge on any atom is 0.411 e. The SMILES string of the molecule is C[C@@H](c1nc(-c2ccc(C#N)cc2)cs1)[C@](O)(C[N+]1(CCOC(=O)Nc2cc(Cl)ccc2COC(=O)CN(C)C)C=NC=N1)c1ccc(F)cc1F.Cl.[Cl-]. The molecular weight excluding hydrogens is 787 g/mol. The Morgan fingerprint density at radius 1 is 1.13 bits per heavy atom. The fraction of sp³-hybridized carbons (Fsp3) is 0.278. The van der Waals surface area contributed by atoms with E-state index in [0.717, 1.165) is 11.6 Å². The van der Waals surface area contributed by atoms with Gasteiger partial charge in [0.15, 0.2) is 11.9 Å². The Hall–Kier alpha value is -4.53. The summed E-state index contributed by atoms with van der Waals surface area (Å²) in [4.78, 5) is 35.5. The Balaban J connectivity index is 0.00000392. The number of likely N-dealkylation sites (N-methyl/N-ethyl adjacent to an activating group) is 1. The van der Waals surface area contributed by atoms with Gasteiger partial charge in [-0.05, 0) is 44.4 Å². The van der Waals surface area contributed by atoms with Crippen LogP contribution in [-0.2, 0) is 26.5 Å². The first kappa shape index (κ1) is 43.9. The first-order chi connectivity index (χ1) is 24.8. The minimum absolute atomic E-state index is 0. The summed E-state index contributed by atoms with van der Waals surface area (Å²) >= 11 is 7.41. The quantitative estimate of drug-likeness (QED) is 0.145. The first-order valence-electron chi connectivity index (χ1n) is 15.9. The minimum Gasteiger partial charge on any atom is -1.00 e. The van der Waals surface area contributed by atoms with Crippen molar-refractivity contribution < 1.29 is 49.9 Å². The number of anilines is 1. The van der Waals surface area contributed by atoms with Gasteiger partial charge in [-0.15, -0.1) is 28.3 Å². The number of aromatic nitrogens is 1. The van der Waals surface area contributed by atoms with Crippen LogP contribution in [-0.4, -0.2) is 84.7 Å². The van der Waals surface area contributed by atoms with Gasteiger partial charge in [0.1, 0.15) is 37.9 Å². The molecule has 0 radical (unpaired) electrons. The van der Waals surface area contributed by atoms with Crippen LogP contribution in [0.1, 0.15) is 34.5 Å². The number of amides is 1. The van der Waals surface area contributed by atoms with Crippen LogP contribution in [0.5, 0.6) is 0 Å². The summed E-state index contributed by atoms with van der Waals surface area (Å²) in [6, 6.07) is 16.6. The average molecular weight is 823 g/mol. The highest BCUT2D eigenvalue weighted by molar-refractivity contribution is 7.10. The number of aliphatic imine (C=N–C) groups is 1. The summed E-state index contributed by atoms with van der Waals surface area (Å²) in [7, 11) is 3.47. The number of carbonyl (C=O) groups excluding carboxylic acids is 2. The Bertz CT molecular complexity index is 2030. The second-order valence-corrected chi connectivity index (χ2v) is 13.7. The second kappa shape index (κ2) is 19.2. The zero-order valence-corrected chi connectivity index (χ0v) is 32.4. The predicted molar refractivity (Wildman–Crippen MR) is 200 cm³/mol. The van der Waals surface area contributed by atoms with E-state index in [2.05, 4.69) is 21.5 Å². The molecule has 1 unspecified atom stereocenters. The number of nitrogens with one attached hydrogen (secondary N) is 1. The number of ether oxygens (including phenoxy) is 2. The van der Waals surface area contributed by atoms with Crippen molar-refractivity contribution >= 4 is 65.8 Å². The van der Waals surface area contributed by atoms with Crippen LogP contribution in [0.4, 0.5) is 19.3 Å². The van der Waals surface area contributed by atoms with E-state index >= 15 is 4.39 Å². The summed E-state index contributed by atoms with van der Waals surface area (Å²) in [6.45, 7) is 1.11. The Morgan fingerprint density at radius 3 is 2.52 bits per heavy atom. The molecule has 12 nitrogen and oxygen atoms in total. The summed E-state index contributed by atoms with van der Waals surface area (Å²) in [6.07, 6.45) is 1.86. The highest BCUT2D eigenvalue weighted by atomic mass is 35.5. The van der Waals surface area contributed by atoms with Crippen molar-refractivity contribution in [3.63, 3.8) is 0 Å². The van der Waals surface area contributed by atoms with Crippen molar-refractivity contribution in [2.75, 3.05) is 45.7 Å². The zero-order valence-electron chi connectivity index (χ0n) is 29.2. The number of nitriles is 1. The molecular formula is C36H36Cl3F2N7O5S. The van der Waals surface area contributed by atoms with Gasteiger partial charge in [0, 0.05) is 39.1 Å². The molecule has 54 heavy (non-hydrogen) atoms. The molecule has 3 aromatic carbocycles. The minimum atomic E-state index is -2.02. The van der Waals surface area contributed by atoms with Crippen LogP contribution < -0.4 is 17.7 Å². The molecule has 0 fully saturated rings. The number of nitrogens with zero attached hydrogens (tertiary/aromatic N) is 6. The van der Waals surface area contributed by atoms with Gasteiger partial charge in [-0.25, -0.2) is 18.6 Å². The number of rotatable bonds is 14. The number of hydrogen-bond donors (Lipinski definition) is 2. The lowest BCUT2D eigenvalue weighted by Gasteiger charge is -2.38. The van der Waals surface area contributed by atoms with Crippen molar-refractivity contribution in [1.82, 2.24) is 9.88 Å². The van der Waals surface area contributed by atoms with Crippen molar-refractivity contribution in [2.24, 2.45) is 10.1 Å². The maximum absolute atomic E-state index is 15.5. The molecule has 1 amide bonds. The van der Waals surface area contributed by atoms with Crippen LogP contribution in [0.15, 0.2) is 76.1 Å². The highest BCUT2D eigenvalue weighted by Crippen LogP contribution is 2.42. The topological polar surface area (TPSA) is 150 Å². The van der Waals surface area contributed by atoms with Gasteiger partial charge in [0.25, 0.3) is 0 Å². The number of esters is 1. The summed E-state index contributed by atoms with van der Waals surface area (Å²) in [5.74, 6) is -3.07. The average Bonchev–Trinajstić information content (AvgIpc) is 3.78. The maximum atomic E-state index is 15.5. The molecule has 5 rings (SSSR count). The van der Waals surface area contributed by atoms with E-state index in [9.17, 15) is 19.1 Å². The van der Waals surface area contributed by atoms with Gasteiger partial charge < -0.3 is 27.0 Å². The van der Waals surface area contributed by atoms with E-state index in [1.165, 1.54) is 36.1 Å². The third-order valence-corrected chi connectivity index (χ3v) is 9.58. The van der Waals surface area contributed by atoms with Crippen molar-refractivity contribution in [2.45, 2.75) is 25.0 Å². The fourth-order valence-electron chi connectivity index (χ4n) is 5.54. The van der Waals surface area contributed by atoms with E-state index in [0.29, 0.717) is 32.9 Å². The molecule has 0 saturated carbocycles. The standard InChI is InChI=1S/C36H34ClF2N7O5S.2ClH/c1-23(34-43-32(19-52-34)25-6-4-24(16-40)5-7-25)36(49,29-11-10-28(38)15-30(29)39)20-46(22-41-21-42-46)12-13-50-35(48)44-31-14-27(37)9-8-26(31)18-51-33(47)17-45(2)3;;/h4-11,14-15,19,21-23,49H,12-13,17-18,20H2,1-3H3;2*1H/t23-,36+,46?;;/m0../s1. The number of aliphatic hydroxyl groups is 1. The lowest BCUT2D eigenvalue weighted by molar-refractivity contribution is -0.848. The van der Waals surface area contributed by atoms with E-state index in [1.807, 2.05) is 0 Å². The normalized spacial score (nSPS) is 16.1. The number of thiazole rings is 1. The van der Waals surface area contributed by atoms with E-state index in [4.69, 9.17) is 31.3 Å². The predicted octanol–water partition coefficient (Wildman–Crippen LogP) is 3.69. The van der Waals surface area contributed by atoms with E-state index < -0.39 is 39.8 Å². The molecule has 0 aliphatic carbocycles. The molecule has 0 bridgehead atoms. The molecule has 1 aliphatic rings. The molecule has 286 valence electrons. The van der Waals surface area contributed by atoms with E-state index in [-0.39, 0.29) is 68.9 Å². The Labute approximate surface area is 332 Å². The fourth-order valence-corrected chi connectivity index (χ4v) is 6.68. The van der Waals surface area contributed by atoms with Gasteiger partial charge in [-0.2, -0.15) is 10.3 Å². The first-order valence-corrected chi connectivity index (χ1v) is 17.2. The molecule has 0 spiro atoms. The number of benzene rings is 3. The number of carbonyl (C=O) groups is 2. The number of halogens is 5. The van der Waals surface area contributed by atoms with Crippen molar-refractivity contribution in [3.05, 3.63) is 104 Å². The molecule has 2 heterocycles. The summed E-state index contributed by atoms with van der Waals surface area (Å²) in [5.41, 5.74) is 0.393. The lowest BCUT2D eigenvalue weighted by Crippen LogP contribution is -3.00. The van der Waals surface area contributed by atoms with Crippen LogP contribution in [0.25, 0.3) is 11.3 Å². The van der Waals surface area contributed by atoms with Crippen LogP contribution in [0.2, 0.25) is 5.02 Å². The van der Waals surface area contributed by atoms with Gasteiger partial charge in [0.05, 0.1) is 34.6 Å². The second-order valence-electron chi connectivity index (χ2n) is 12.4. The molecule has 4 aromatic rings. The zero-order chi connectivity index (χ0) is 37.5. The molecule has 18 heteroatoms. The largest absolute Gasteiger partial charge is 1.00 e. The smallest absolute Gasteiger partial charge is 0.411 e. The molecule has 0 saturated heterocycles. The molecule has 3 atom stereocenters. The van der Waals surface area contributed by atoms with Gasteiger partial charge in [-0.3, -0.25) is 15.0 Å². The Kier molecular flexibility index (Phi) is 15.6. The number of hydrogen-bond acceptors (Lipinski definition) is 11. The Morgan fingerprint density at radius 2 is 1.87 bits per heavy atom. The number of quaternary nitrogens is 1. The third-order valence-electron chi connectivity index (χ3n) is 8.32. The van der Waals surface area contributed by atoms with Gasteiger partial charge in [-0.1, -0.05) is 47.9 Å². The van der Waals surface area contributed by atoms with Crippen molar-refractivity contribution in [3.8, 4) is 17.3 Å². The third kappa shape index (κ3) is 10.8. The van der Waals surface area contributed by atoms with Crippen LogP contribution in [0.3, 0.4) is 0 Å². The molecule has 2 N–H and O–H groups in total. The molecule has 1 aliphatic heterocycles. The van der Waals surface area contributed by atoms with Crippen molar-refractivity contribution in [1.29, 1.82) is 5.26 Å². The van der Waals surface area contributed by atoms with Gasteiger partial charge >= 0.3 is 12.1 Å². The van der Waals surface area contributed by atoms with Crippen LogP contribution in [0, 0.1) is 23.0 Å². The lowest BCUT2D eigenvalue weighted by atomic mass is 9.81. The van der Waals surface area contributed by atoms with Gasteiger partial charge in [0.2, 0.25) is 6.34 Å². The molecule has 1 aromatic heterocycles.